The van der Waals surface area contributed by atoms with Crippen molar-refractivity contribution in [1.82, 2.24) is 14.5 Å². The molecule has 2 aromatic heterocycles. The zero-order chi connectivity index (χ0) is 18.1. The van der Waals surface area contributed by atoms with Gasteiger partial charge in [0.2, 0.25) is 0 Å². The van der Waals surface area contributed by atoms with E-state index in [9.17, 15) is 5.11 Å². The van der Waals surface area contributed by atoms with Crippen molar-refractivity contribution >= 4 is 11.0 Å². The Labute approximate surface area is 152 Å². The Hall–Kier alpha value is -2.98. The summed E-state index contributed by atoms with van der Waals surface area (Å²) in [6.45, 7) is 3.89. The van der Waals surface area contributed by atoms with Gasteiger partial charge in [-0.15, -0.1) is 0 Å². The van der Waals surface area contributed by atoms with E-state index in [2.05, 4.69) is 34.7 Å². The number of rotatable bonds is 4. The molecule has 1 N–H and O–H groups in total. The van der Waals surface area contributed by atoms with Gasteiger partial charge in [-0.05, 0) is 60.0 Å². The fourth-order valence-electron chi connectivity index (χ4n) is 3.28. The lowest BCUT2D eigenvalue weighted by atomic mass is 10.1. The molecule has 1 atom stereocenters. The highest BCUT2D eigenvalue weighted by Crippen LogP contribution is 2.27. The van der Waals surface area contributed by atoms with Crippen LogP contribution in [0.15, 0.2) is 67.0 Å². The maximum absolute atomic E-state index is 9.73. The Morgan fingerprint density at radius 2 is 1.69 bits per heavy atom. The molecular weight excluding hydrogens is 322 g/mol. The number of imidazole rings is 1. The van der Waals surface area contributed by atoms with Crippen molar-refractivity contribution in [2.45, 2.75) is 26.4 Å². The summed E-state index contributed by atoms with van der Waals surface area (Å²) in [6.07, 6.45) is 3.99. The maximum Gasteiger partial charge on any atom is 0.114 e. The number of hydrogen-bond donors (Lipinski definition) is 1. The predicted octanol–water partition coefficient (Wildman–Crippen LogP) is 4.70. The van der Waals surface area contributed by atoms with Crippen LogP contribution in [0.3, 0.4) is 0 Å². The molecule has 1 unspecified atom stereocenters. The van der Waals surface area contributed by atoms with E-state index in [-0.39, 0.29) is 0 Å². The summed E-state index contributed by atoms with van der Waals surface area (Å²) in [5, 5.41) is 9.73. The van der Waals surface area contributed by atoms with Gasteiger partial charge in [0, 0.05) is 24.5 Å². The lowest BCUT2D eigenvalue weighted by Crippen LogP contribution is -2.00. The number of aromatic nitrogens is 3. The number of nitrogens with zero attached hydrogens (tertiary/aromatic N) is 3. The molecule has 0 bridgehead atoms. The van der Waals surface area contributed by atoms with Crippen LogP contribution < -0.4 is 0 Å². The summed E-state index contributed by atoms with van der Waals surface area (Å²) in [6, 6.07) is 18.4. The van der Waals surface area contributed by atoms with Crippen LogP contribution >= 0.6 is 0 Å². The third-order valence-corrected chi connectivity index (χ3v) is 4.69. The van der Waals surface area contributed by atoms with Gasteiger partial charge in [0.15, 0.2) is 0 Å². The molecule has 2 aromatic carbocycles. The second-order valence-electron chi connectivity index (χ2n) is 6.42. The van der Waals surface area contributed by atoms with Crippen LogP contribution in [0.2, 0.25) is 0 Å². The van der Waals surface area contributed by atoms with E-state index in [1.54, 1.807) is 19.3 Å². The lowest BCUT2D eigenvalue weighted by Gasteiger charge is -2.11. The van der Waals surface area contributed by atoms with E-state index < -0.39 is 6.10 Å². The first kappa shape index (κ1) is 16.5. The Morgan fingerprint density at radius 1 is 0.962 bits per heavy atom. The summed E-state index contributed by atoms with van der Waals surface area (Å²) in [5.41, 5.74) is 6.31. The largest absolute Gasteiger partial charge is 0.389 e. The second-order valence-corrected chi connectivity index (χ2v) is 6.42. The number of pyridine rings is 1. The zero-order valence-corrected chi connectivity index (χ0v) is 14.9. The van der Waals surface area contributed by atoms with Crippen LogP contribution in [0.5, 0.6) is 0 Å². The van der Waals surface area contributed by atoms with Crippen molar-refractivity contribution in [3.05, 3.63) is 78.4 Å². The fourth-order valence-corrected chi connectivity index (χ4v) is 3.28. The quantitative estimate of drug-likeness (QED) is 0.584. The number of fused-ring (bicyclic) bond motifs is 1. The fraction of sp³-hybridized carbons (Fsp3) is 0.182. The molecule has 0 fully saturated rings. The first-order valence-corrected chi connectivity index (χ1v) is 8.87. The predicted molar refractivity (Wildman–Crippen MR) is 104 cm³/mol. The van der Waals surface area contributed by atoms with Crippen LogP contribution in [-0.4, -0.2) is 19.6 Å². The Balaban J connectivity index is 1.84. The molecule has 4 aromatic rings. The normalized spacial score (nSPS) is 12.4. The highest BCUT2D eigenvalue weighted by atomic mass is 16.3. The van der Waals surface area contributed by atoms with Crippen LogP contribution in [0.4, 0.5) is 0 Å². The molecule has 0 spiro atoms. The molecule has 26 heavy (non-hydrogen) atoms. The zero-order valence-electron chi connectivity index (χ0n) is 14.9. The molecule has 2 heterocycles. The van der Waals surface area contributed by atoms with Gasteiger partial charge < -0.3 is 5.11 Å². The van der Waals surface area contributed by atoms with E-state index in [4.69, 9.17) is 4.98 Å². The summed E-state index contributed by atoms with van der Waals surface area (Å²) in [5.74, 6) is 1.02. The van der Waals surface area contributed by atoms with Crippen LogP contribution in [0.25, 0.3) is 27.8 Å². The van der Waals surface area contributed by atoms with Crippen molar-refractivity contribution in [1.29, 1.82) is 0 Å². The Kier molecular flexibility index (Phi) is 4.27. The molecule has 4 heteroatoms. The highest BCUT2D eigenvalue weighted by Gasteiger charge is 2.12. The Morgan fingerprint density at radius 3 is 2.35 bits per heavy atom. The van der Waals surface area contributed by atoms with E-state index >= 15 is 0 Å². The highest BCUT2D eigenvalue weighted by molar-refractivity contribution is 5.84. The van der Waals surface area contributed by atoms with E-state index in [1.165, 1.54) is 0 Å². The van der Waals surface area contributed by atoms with E-state index in [1.807, 2.05) is 36.4 Å². The average molecular weight is 343 g/mol. The lowest BCUT2D eigenvalue weighted by molar-refractivity contribution is 0.199. The topological polar surface area (TPSA) is 50.9 Å². The number of benzene rings is 2. The Bertz CT molecular complexity index is 1030. The molecular formula is C22H21N3O. The van der Waals surface area contributed by atoms with Crippen molar-refractivity contribution in [3.63, 3.8) is 0 Å². The summed E-state index contributed by atoms with van der Waals surface area (Å²) < 4.78 is 2.19. The van der Waals surface area contributed by atoms with Crippen molar-refractivity contribution in [2.75, 3.05) is 0 Å². The minimum absolute atomic E-state index is 0.461. The van der Waals surface area contributed by atoms with E-state index in [0.29, 0.717) is 0 Å². The number of aliphatic hydroxyl groups excluding tert-OH is 1. The van der Waals surface area contributed by atoms with Crippen molar-refractivity contribution in [3.8, 4) is 16.8 Å². The first-order valence-electron chi connectivity index (χ1n) is 8.87. The molecule has 4 rings (SSSR count). The van der Waals surface area contributed by atoms with Crippen LogP contribution in [0.1, 0.15) is 31.3 Å². The van der Waals surface area contributed by atoms with Crippen molar-refractivity contribution in [2.24, 2.45) is 0 Å². The first-order chi connectivity index (χ1) is 12.7. The van der Waals surface area contributed by atoms with Crippen molar-refractivity contribution < 1.29 is 5.11 Å². The third-order valence-electron chi connectivity index (χ3n) is 4.69. The van der Waals surface area contributed by atoms with E-state index in [0.717, 1.165) is 45.7 Å². The van der Waals surface area contributed by atoms with Gasteiger partial charge in [-0.3, -0.25) is 9.55 Å². The summed E-state index contributed by atoms with van der Waals surface area (Å²) in [4.78, 5) is 8.94. The summed E-state index contributed by atoms with van der Waals surface area (Å²) in [7, 11) is 0. The second kappa shape index (κ2) is 6.73. The number of aryl methyl sites for hydroxylation is 1. The van der Waals surface area contributed by atoms with Gasteiger partial charge in [0.25, 0.3) is 0 Å². The number of aliphatic hydroxyl groups is 1. The third kappa shape index (κ3) is 2.89. The molecule has 130 valence electrons. The van der Waals surface area contributed by atoms with Gasteiger partial charge in [-0.1, -0.05) is 25.1 Å². The molecule has 0 radical (unpaired) electrons. The smallest absolute Gasteiger partial charge is 0.114 e. The van der Waals surface area contributed by atoms with Gasteiger partial charge in [-0.2, -0.15) is 0 Å². The standard InChI is InChI=1S/C22H21N3O/c1-3-22-24-20-14-18(17-10-12-23-13-11-17)6-9-21(20)25(22)19-7-4-16(5-8-19)15(2)26/h4-15,26H,3H2,1-2H3. The van der Waals surface area contributed by atoms with Crippen LogP contribution in [-0.2, 0) is 6.42 Å². The summed E-state index contributed by atoms with van der Waals surface area (Å²) >= 11 is 0. The van der Waals surface area contributed by atoms with Crippen LogP contribution in [0, 0.1) is 0 Å². The van der Waals surface area contributed by atoms with Gasteiger partial charge in [-0.25, -0.2) is 4.98 Å². The van der Waals surface area contributed by atoms with Gasteiger partial charge >= 0.3 is 0 Å². The molecule has 4 nitrogen and oxygen atoms in total. The molecule has 0 saturated heterocycles. The average Bonchev–Trinajstić information content (AvgIpc) is 3.06. The molecule has 0 aliphatic carbocycles. The number of hydrogen-bond acceptors (Lipinski definition) is 3. The molecule has 0 amide bonds. The molecule has 0 saturated carbocycles. The van der Waals surface area contributed by atoms with Gasteiger partial charge in [0.05, 0.1) is 17.1 Å². The minimum Gasteiger partial charge on any atom is -0.389 e. The molecule has 0 aliphatic rings. The maximum atomic E-state index is 9.73. The van der Waals surface area contributed by atoms with Gasteiger partial charge in [0.1, 0.15) is 5.82 Å². The monoisotopic (exact) mass is 343 g/mol. The SMILES string of the molecule is CCc1nc2cc(-c3ccncc3)ccc2n1-c1ccc(C(C)O)cc1. The molecule has 0 aliphatic heterocycles. The minimum atomic E-state index is -0.461.